The zero-order valence-electron chi connectivity index (χ0n) is 12.7. The molecule has 1 aromatic heterocycles. The molecule has 1 heterocycles. The van der Waals surface area contributed by atoms with Gasteiger partial charge in [-0.1, -0.05) is 41.4 Å². The van der Waals surface area contributed by atoms with Gasteiger partial charge in [-0.25, -0.2) is 9.67 Å². The molecular formula is C17H15ClN4O. The van der Waals surface area contributed by atoms with Crippen molar-refractivity contribution in [2.45, 2.75) is 13.8 Å². The first-order chi connectivity index (χ1) is 11.0. The Labute approximate surface area is 138 Å². The normalized spacial score (nSPS) is 10.7. The smallest absolute Gasteiger partial charge is 0.288 e. The lowest BCUT2D eigenvalue weighted by Gasteiger charge is -2.08. The Hall–Kier alpha value is -2.66. The maximum absolute atomic E-state index is 11.5. The van der Waals surface area contributed by atoms with E-state index in [4.69, 9.17) is 17.3 Å². The molecule has 6 heteroatoms. The van der Waals surface area contributed by atoms with E-state index < -0.39 is 5.91 Å². The minimum Gasteiger partial charge on any atom is -0.363 e. The molecule has 0 bridgehead atoms. The number of hydrogen-bond acceptors (Lipinski definition) is 3. The standard InChI is InChI=1S/C17H15ClN4O/c1-10-4-3-5-12(8-10)17-20-16(15(19)23)21-22(17)13-7-6-11(2)14(18)9-13/h3-9H,1-2H3,(H2,19,23). The number of hydrogen-bond donors (Lipinski definition) is 1. The highest BCUT2D eigenvalue weighted by molar-refractivity contribution is 6.31. The predicted octanol–water partition coefficient (Wildman–Crippen LogP) is 3.30. The van der Waals surface area contributed by atoms with E-state index in [1.54, 1.807) is 10.7 Å². The highest BCUT2D eigenvalue weighted by Crippen LogP contribution is 2.25. The third kappa shape index (κ3) is 2.96. The lowest BCUT2D eigenvalue weighted by atomic mass is 10.1. The summed E-state index contributed by atoms with van der Waals surface area (Å²) < 4.78 is 1.58. The van der Waals surface area contributed by atoms with Crippen molar-refractivity contribution in [3.8, 4) is 17.1 Å². The van der Waals surface area contributed by atoms with Gasteiger partial charge in [-0.3, -0.25) is 4.79 Å². The number of rotatable bonds is 3. The summed E-state index contributed by atoms with van der Waals surface area (Å²) in [5.41, 5.74) is 8.94. The van der Waals surface area contributed by atoms with Gasteiger partial charge in [0.2, 0.25) is 5.82 Å². The molecule has 5 nitrogen and oxygen atoms in total. The van der Waals surface area contributed by atoms with Crippen LogP contribution in [0.4, 0.5) is 0 Å². The molecule has 116 valence electrons. The van der Waals surface area contributed by atoms with Gasteiger partial charge in [-0.15, -0.1) is 5.10 Å². The van der Waals surface area contributed by atoms with Crippen LogP contribution in [0, 0.1) is 13.8 Å². The van der Waals surface area contributed by atoms with Gasteiger partial charge in [0.05, 0.1) is 5.69 Å². The van der Waals surface area contributed by atoms with E-state index in [2.05, 4.69) is 10.1 Å². The van der Waals surface area contributed by atoms with Crippen molar-refractivity contribution in [1.29, 1.82) is 0 Å². The predicted molar refractivity (Wildman–Crippen MR) is 89.8 cm³/mol. The molecule has 0 fully saturated rings. The van der Waals surface area contributed by atoms with Gasteiger partial charge in [0, 0.05) is 10.6 Å². The molecule has 0 unspecified atom stereocenters. The number of halogens is 1. The summed E-state index contributed by atoms with van der Waals surface area (Å²) in [7, 11) is 0. The number of aryl methyl sites for hydroxylation is 2. The highest BCUT2D eigenvalue weighted by atomic mass is 35.5. The molecule has 23 heavy (non-hydrogen) atoms. The summed E-state index contributed by atoms with van der Waals surface area (Å²) in [6, 6.07) is 13.4. The van der Waals surface area contributed by atoms with Crippen molar-refractivity contribution >= 4 is 17.5 Å². The number of benzene rings is 2. The van der Waals surface area contributed by atoms with Crippen LogP contribution < -0.4 is 5.73 Å². The van der Waals surface area contributed by atoms with Crippen LogP contribution in [-0.4, -0.2) is 20.7 Å². The molecule has 0 aliphatic carbocycles. The second-order valence-corrected chi connectivity index (χ2v) is 5.75. The van der Waals surface area contributed by atoms with Crippen LogP contribution in [0.2, 0.25) is 5.02 Å². The molecule has 0 atom stereocenters. The van der Waals surface area contributed by atoms with Crippen molar-refractivity contribution in [2.24, 2.45) is 5.73 Å². The van der Waals surface area contributed by atoms with Gasteiger partial charge in [0.15, 0.2) is 5.82 Å². The molecule has 0 saturated heterocycles. The first-order valence-electron chi connectivity index (χ1n) is 7.06. The van der Waals surface area contributed by atoms with Gasteiger partial charge in [0.25, 0.3) is 5.91 Å². The largest absolute Gasteiger partial charge is 0.363 e. The SMILES string of the molecule is Cc1cccc(-c2nc(C(N)=O)nn2-c2ccc(C)c(Cl)c2)c1. The molecule has 3 aromatic rings. The second kappa shape index (κ2) is 5.85. The zero-order valence-corrected chi connectivity index (χ0v) is 13.5. The third-order valence-electron chi connectivity index (χ3n) is 3.50. The number of aromatic nitrogens is 3. The summed E-state index contributed by atoms with van der Waals surface area (Å²) in [6.07, 6.45) is 0. The maximum Gasteiger partial charge on any atom is 0.288 e. The average Bonchev–Trinajstić information content (AvgIpc) is 2.95. The average molecular weight is 327 g/mol. The van der Waals surface area contributed by atoms with Crippen molar-refractivity contribution in [1.82, 2.24) is 14.8 Å². The van der Waals surface area contributed by atoms with Crippen LogP contribution in [0.3, 0.4) is 0 Å². The summed E-state index contributed by atoms with van der Waals surface area (Å²) in [5, 5.41) is 4.85. The van der Waals surface area contributed by atoms with Crippen LogP contribution in [0.1, 0.15) is 21.7 Å². The minimum absolute atomic E-state index is 0.0294. The van der Waals surface area contributed by atoms with Crippen molar-refractivity contribution in [3.63, 3.8) is 0 Å². The molecule has 0 radical (unpaired) electrons. The Bertz CT molecular complexity index is 901. The fraction of sp³-hybridized carbons (Fsp3) is 0.118. The molecule has 0 aliphatic heterocycles. The van der Waals surface area contributed by atoms with Crippen molar-refractivity contribution < 1.29 is 4.79 Å². The molecule has 0 spiro atoms. The zero-order chi connectivity index (χ0) is 16.6. The fourth-order valence-corrected chi connectivity index (χ4v) is 2.46. The van der Waals surface area contributed by atoms with Gasteiger partial charge < -0.3 is 5.73 Å². The topological polar surface area (TPSA) is 73.8 Å². The van der Waals surface area contributed by atoms with Gasteiger partial charge in [-0.05, 0) is 37.6 Å². The summed E-state index contributed by atoms with van der Waals surface area (Å²) in [4.78, 5) is 15.8. The van der Waals surface area contributed by atoms with Gasteiger partial charge in [0.1, 0.15) is 0 Å². The molecule has 1 amide bonds. The summed E-state index contributed by atoms with van der Waals surface area (Å²) in [6.45, 7) is 3.91. The van der Waals surface area contributed by atoms with Crippen LogP contribution >= 0.6 is 11.6 Å². The number of amides is 1. The van der Waals surface area contributed by atoms with E-state index in [1.165, 1.54) is 0 Å². The van der Waals surface area contributed by atoms with Crippen LogP contribution in [-0.2, 0) is 0 Å². The first kappa shape index (κ1) is 15.2. The lowest BCUT2D eigenvalue weighted by Crippen LogP contribution is -2.13. The Morgan fingerprint density at radius 2 is 1.96 bits per heavy atom. The molecule has 3 rings (SSSR count). The number of nitrogens with two attached hydrogens (primary N) is 1. The van der Waals surface area contributed by atoms with E-state index in [0.717, 1.165) is 22.4 Å². The maximum atomic E-state index is 11.5. The molecule has 2 aromatic carbocycles. The Kier molecular flexibility index (Phi) is 3.88. The Morgan fingerprint density at radius 3 is 2.61 bits per heavy atom. The molecular weight excluding hydrogens is 312 g/mol. The monoisotopic (exact) mass is 326 g/mol. The number of carbonyl (C=O) groups excluding carboxylic acids is 1. The number of carbonyl (C=O) groups is 1. The molecule has 2 N–H and O–H groups in total. The van der Waals surface area contributed by atoms with Crippen molar-refractivity contribution in [3.05, 3.63) is 64.4 Å². The number of nitrogens with zero attached hydrogens (tertiary/aromatic N) is 3. The Morgan fingerprint density at radius 1 is 1.17 bits per heavy atom. The number of primary amides is 1. The van der Waals surface area contributed by atoms with Gasteiger partial charge >= 0.3 is 0 Å². The Balaban J connectivity index is 2.22. The van der Waals surface area contributed by atoms with Crippen LogP contribution in [0.25, 0.3) is 17.1 Å². The second-order valence-electron chi connectivity index (χ2n) is 5.34. The van der Waals surface area contributed by atoms with E-state index >= 15 is 0 Å². The fourth-order valence-electron chi connectivity index (χ4n) is 2.28. The summed E-state index contributed by atoms with van der Waals surface area (Å²) >= 11 is 6.20. The lowest BCUT2D eigenvalue weighted by molar-refractivity contribution is 0.0990. The first-order valence-corrected chi connectivity index (χ1v) is 7.44. The van der Waals surface area contributed by atoms with Crippen LogP contribution in [0.5, 0.6) is 0 Å². The summed E-state index contributed by atoms with van der Waals surface area (Å²) in [5.74, 6) is -0.156. The third-order valence-corrected chi connectivity index (χ3v) is 3.91. The highest BCUT2D eigenvalue weighted by Gasteiger charge is 2.17. The van der Waals surface area contributed by atoms with Crippen LogP contribution in [0.15, 0.2) is 42.5 Å². The minimum atomic E-state index is -0.670. The van der Waals surface area contributed by atoms with Crippen molar-refractivity contribution in [2.75, 3.05) is 0 Å². The quantitative estimate of drug-likeness (QED) is 0.802. The van der Waals surface area contributed by atoms with E-state index in [1.807, 2.05) is 50.2 Å². The van der Waals surface area contributed by atoms with Gasteiger partial charge in [-0.2, -0.15) is 0 Å². The molecule has 0 saturated carbocycles. The van der Waals surface area contributed by atoms with E-state index in [0.29, 0.717) is 10.8 Å². The van der Waals surface area contributed by atoms with E-state index in [9.17, 15) is 4.79 Å². The van der Waals surface area contributed by atoms with E-state index in [-0.39, 0.29) is 5.82 Å². The molecule has 0 aliphatic rings.